The zero-order valence-corrected chi connectivity index (χ0v) is 9.14. The summed E-state index contributed by atoms with van der Waals surface area (Å²) in [6, 6.07) is 7.39. The molecule has 0 amide bonds. The van der Waals surface area contributed by atoms with Crippen LogP contribution in [0.2, 0.25) is 5.02 Å². The van der Waals surface area contributed by atoms with Crippen molar-refractivity contribution in [1.29, 1.82) is 0 Å². The molecular formula is C12H13ClO. The van der Waals surface area contributed by atoms with Crippen molar-refractivity contribution in [2.24, 2.45) is 0 Å². The fourth-order valence-electron chi connectivity index (χ4n) is 1.34. The highest BCUT2D eigenvalue weighted by Crippen LogP contribution is 2.26. The van der Waals surface area contributed by atoms with Gasteiger partial charge in [-0.1, -0.05) is 43.3 Å². The largest absolute Gasteiger partial charge is 0.294 e. The summed E-state index contributed by atoms with van der Waals surface area (Å²) in [5, 5.41) is 0.634. The molecule has 0 saturated carbocycles. The highest BCUT2D eigenvalue weighted by Gasteiger charge is 2.17. The maximum Gasteiger partial charge on any atom is 0.165 e. The summed E-state index contributed by atoms with van der Waals surface area (Å²) in [6.45, 7) is 7.20. The van der Waals surface area contributed by atoms with Gasteiger partial charge < -0.3 is 0 Å². The summed E-state index contributed by atoms with van der Waals surface area (Å²) in [7, 11) is 0. The van der Waals surface area contributed by atoms with Crippen molar-refractivity contribution in [3.8, 4) is 0 Å². The Morgan fingerprint density at radius 3 is 2.50 bits per heavy atom. The number of benzene rings is 1. The van der Waals surface area contributed by atoms with Crippen LogP contribution in [0, 0.1) is 0 Å². The SMILES string of the molecule is C=C(C)C(=O)C(C)c1ccccc1Cl. The summed E-state index contributed by atoms with van der Waals surface area (Å²) in [5.41, 5.74) is 1.43. The van der Waals surface area contributed by atoms with E-state index in [1.807, 2.05) is 25.1 Å². The predicted octanol–water partition coefficient (Wildman–Crippen LogP) is 3.59. The highest BCUT2D eigenvalue weighted by molar-refractivity contribution is 6.31. The summed E-state index contributed by atoms with van der Waals surface area (Å²) >= 11 is 5.99. The van der Waals surface area contributed by atoms with Crippen LogP contribution in [0.4, 0.5) is 0 Å². The molecule has 0 N–H and O–H groups in total. The average molecular weight is 209 g/mol. The molecular weight excluding hydrogens is 196 g/mol. The Kier molecular flexibility index (Phi) is 3.48. The Morgan fingerprint density at radius 1 is 1.43 bits per heavy atom. The second-order valence-electron chi connectivity index (χ2n) is 3.39. The smallest absolute Gasteiger partial charge is 0.165 e. The van der Waals surface area contributed by atoms with E-state index in [0.717, 1.165) is 5.56 Å². The first-order chi connectivity index (χ1) is 6.54. The zero-order chi connectivity index (χ0) is 10.7. The minimum Gasteiger partial charge on any atom is -0.294 e. The van der Waals surface area contributed by atoms with Gasteiger partial charge in [0.05, 0.1) is 0 Å². The van der Waals surface area contributed by atoms with E-state index in [0.29, 0.717) is 10.6 Å². The number of hydrogen-bond acceptors (Lipinski definition) is 1. The lowest BCUT2D eigenvalue weighted by atomic mass is 9.93. The minimum atomic E-state index is -0.207. The first-order valence-electron chi connectivity index (χ1n) is 4.48. The van der Waals surface area contributed by atoms with Crippen LogP contribution in [-0.2, 0) is 4.79 Å². The van der Waals surface area contributed by atoms with E-state index in [9.17, 15) is 4.79 Å². The van der Waals surface area contributed by atoms with Crippen LogP contribution < -0.4 is 0 Å². The quantitative estimate of drug-likeness (QED) is 0.694. The number of ketones is 1. The standard InChI is InChI=1S/C12H13ClO/c1-8(2)12(14)9(3)10-6-4-5-7-11(10)13/h4-7,9H,1H2,2-3H3. The van der Waals surface area contributed by atoms with E-state index >= 15 is 0 Å². The first kappa shape index (κ1) is 11.0. The maximum absolute atomic E-state index is 11.6. The van der Waals surface area contributed by atoms with Crippen molar-refractivity contribution in [2.45, 2.75) is 19.8 Å². The number of carbonyl (C=O) groups is 1. The van der Waals surface area contributed by atoms with Crippen molar-refractivity contribution < 1.29 is 4.79 Å². The Balaban J connectivity index is 3.01. The average Bonchev–Trinajstić information content (AvgIpc) is 2.16. The molecule has 1 aromatic rings. The van der Waals surface area contributed by atoms with Gasteiger partial charge >= 0.3 is 0 Å². The molecule has 14 heavy (non-hydrogen) atoms. The Bertz CT molecular complexity index is 368. The molecule has 1 nitrogen and oxygen atoms in total. The van der Waals surface area contributed by atoms with E-state index in [2.05, 4.69) is 6.58 Å². The van der Waals surface area contributed by atoms with Crippen molar-refractivity contribution in [2.75, 3.05) is 0 Å². The normalized spacial score (nSPS) is 12.2. The topological polar surface area (TPSA) is 17.1 Å². The number of carbonyl (C=O) groups excluding carboxylic acids is 1. The second kappa shape index (κ2) is 4.43. The lowest BCUT2D eigenvalue weighted by Crippen LogP contribution is -2.09. The molecule has 0 spiro atoms. The molecule has 0 saturated heterocycles. The van der Waals surface area contributed by atoms with Crippen LogP contribution >= 0.6 is 11.6 Å². The number of halogens is 1. The van der Waals surface area contributed by atoms with Crippen molar-refractivity contribution in [1.82, 2.24) is 0 Å². The van der Waals surface area contributed by atoms with E-state index < -0.39 is 0 Å². The van der Waals surface area contributed by atoms with Crippen LogP contribution in [0.3, 0.4) is 0 Å². The fraction of sp³-hybridized carbons (Fsp3) is 0.250. The van der Waals surface area contributed by atoms with E-state index in [-0.39, 0.29) is 11.7 Å². The minimum absolute atomic E-state index is 0.0399. The third kappa shape index (κ3) is 2.24. The molecule has 0 aromatic heterocycles. The molecule has 0 aliphatic carbocycles. The Labute approximate surface area is 89.4 Å². The van der Waals surface area contributed by atoms with Crippen LogP contribution in [0.25, 0.3) is 0 Å². The van der Waals surface area contributed by atoms with E-state index in [1.54, 1.807) is 13.0 Å². The monoisotopic (exact) mass is 208 g/mol. The lowest BCUT2D eigenvalue weighted by Gasteiger charge is -2.11. The Hall–Kier alpha value is -1.08. The molecule has 1 atom stereocenters. The second-order valence-corrected chi connectivity index (χ2v) is 3.79. The molecule has 74 valence electrons. The number of allylic oxidation sites excluding steroid dienone is 1. The van der Waals surface area contributed by atoms with Gasteiger partial charge in [0.2, 0.25) is 0 Å². The van der Waals surface area contributed by atoms with E-state index in [1.165, 1.54) is 0 Å². The summed E-state index contributed by atoms with van der Waals surface area (Å²) in [5.74, 6) is -0.167. The van der Waals surface area contributed by atoms with Gasteiger partial charge in [-0.25, -0.2) is 0 Å². The number of Topliss-reactive ketones (excluding diaryl/α,β-unsaturated/α-hetero) is 1. The van der Waals surface area contributed by atoms with Gasteiger partial charge in [-0.05, 0) is 24.1 Å². The van der Waals surface area contributed by atoms with Crippen molar-refractivity contribution in [3.05, 3.63) is 47.0 Å². The van der Waals surface area contributed by atoms with Gasteiger partial charge in [0, 0.05) is 10.9 Å². The van der Waals surface area contributed by atoms with E-state index in [4.69, 9.17) is 11.6 Å². The van der Waals surface area contributed by atoms with Crippen LogP contribution in [0.5, 0.6) is 0 Å². The maximum atomic E-state index is 11.6. The van der Waals surface area contributed by atoms with Crippen molar-refractivity contribution >= 4 is 17.4 Å². The highest BCUT2D eigenvalue weighted by atomic mass is 35.5. The summed E-state index contributed by atoms with van der Waals surface area (Å²) < 4.78 is 0. The van der Waals surface area contributed by atoms with Crippen molar-refractivity contribution in [3.63, 3.8) is 0 Å². The number of rotatable bonds is 3. The number of hydrogen-bond donors (Lipinski definition) is 0. The molecule has 1 aromatic carbocycles. The van der Waals surface area contributed by atoms with Gasteiger partial charge in [-0.3, -0.25) is 4.79 Å². The molecule has 1 unspecified atom stereocenters. The molecule has 0 radical (unpaired) electrons. The zero-order valence-electron chi connectivity index (χ0n) is 8.38. The molecule has 2 heteroatoms. The summed E-state index contributed by atoms with van der Waals surface area (Å²) in [6.07, 6.45) is 0. The van der Waals surface area contributed by atoms with Gasteiger partial charge in [0.25, 0.3) is 0 Å². The van der Waals surface area contributed by atoms with Gasteiger partial charge in [0.1, 0.15) is 0 Å². The molecule has 0 heterocycles. The van der Waals surface area contributed by atoms with Crippen LogP contribution in [0.1, 0.15) is 25.3 Å². The molecule has 1 rings (SSSR count). The molecule has 0 fully saturated rings. The third-order valence-corrected chi connectivity index (χ3v) is 2.53. The van der Waals surface area contributed by atoms with Gasteiger partial charge in [0.15, 0.2) is 5.78 Å². The summed E-state index contributed by atoms with van der Waals surface area (Å²) in [4.78, 5) is 11.6. The molecule has 0 aliphatic rings. The lowest BCUT2D eigenvalue weighted by molar-refractivity contribution is -0.116. The first-order valence-corrected chi connectivity index (χ1v) is 4.86. The molecule has 0 aliphatic heterocycles. The van der Waals surface area contributed by atoms with Crippen LogP contribution in [-0.4, -0.2) is 5.78 Å². The fourth-order valence-corrected chi connectivity index (χ4v) is 1.64. The molecule has 0 bridgehead atoms. The van der Waals surface area contributed by atoms with Gasteiger partial charge in [-0.2, -0.15) is 0 Å². The predicted molar refractivity (Wildman–Crippen MR) is 59.7 cm³/mol. The third-order valence-electron chi connectivity index (χ3n) is 2.19. The van der Waals surface area contributed by atoms with Crippen LogP contribution in [0.15, 0.2) is 36.4 Å². The Morgan fingerprint density at radius 2 is 2.00 bits per heavy atom. The van der Waals surface area contributed by atoms with Gasteiger partial charge in [-0.15, -0.1) is 0 Å².